The average molecular weight is 396 g/mol. The minimum Gasteiger partial charge on any atom is -0.200 e. The van der Waals surface area contributed by atoms with Crippen molar-refractivity contribution in [1.29, 1.82) is 0 Å². The highest BCUT2D eigenvalue weighted by molar-refractivity contribution is 5.06. The van der Waals surface area contributed by atoms with E-state index in [2.05, 4.69) is 0 Å². The summed E-state index contributed by atoms with van der Waals surface area (Å²) in [6.07, 6.45) is -6.39. The predicted molar refractivity (Wildman–Crippen MR) is 68.5 cm³/mol. The zero-order valence-electron chi connectivity index (χ0n) is 13.3. The van der Waals surface area contributed by atoms with Crippen LogP contribution in [0.4, 0.5) is 48.3 Å². The Labute approximate surface area is 137 Å². The van der Waals surface area contributed by atoms with Gasteiger partial charge in [0.15, 0.2) is 0 Å². The Morgan fingerprint density at radius 2 is 0.880 bits per heavy atom. The summed E-state index contributed by atoms with van der Waals surface area (Å²) in [7, 11) is 0. The van der Waals surface area contributed by atoms with E-state index in [4.69, 9.17) is 0 Å². The van der Waals surface area contributed by atoms with Gasteiger partial charge in [0, 0.05) is 6.42 Å². The van der Waals surface area contributed by atoms with Crippen molar-refractivity contribution in [2.24, 2.45) is 0 Å². The van der Waals surface area contributed by atoms with Crippen LogP contribution in [0.1, 0.15) is 58.3 Å². The summed E-state index contributed by atoms with van der Waals surface area (Å²) in [6.45, 7) is 1.90. The first-order valence-corrected chi connectivity index (χ1v) is 7.64. The summed E-state index contributed by atoms with van der Waals surface area (Å²) in [5.74, 6) is -27.2. The molecule has 0 atom stereocenters. The molecule has 0 aliphatic carbocycles. The molecule has 0 saturated heterocycles. The molecule has 0 aromatic rings. The van der Waals surface area contributed by atoms with Gasteiger partial charge in [-0.2, -0.15) is 48.3 Å². The second-order valence-electron chi connectivity index (χ2n) is 5.80. The predicted octanol–water partition coefficient (Wildman–Crippen LogP) is 7.23. The molecule has 25 heavy (non-hydrogen) atoms. The van der Waals surface area contributed by atoms with E-state index < -0.39 is 42.7 Å². The fourth-order valence-corrected chi connectivity index (χ4v) is 2.07. The van der Waals surface area contributed by atoms with Gasteiger partial charge in [-0.25, -0.2) is 0 Å². The number of hydrogen-bond donors (Lipinski definition) is 0. The molecule has 0 radical (unpaired) electrons. The highest BCUT2D eigenvalue weighted by Crippen LogP contribution is 2.58. The Morgan fingerprint density at radius 3 is 1.28 bits per heavy atom. The van der Waals surface area contributed by atoms with Gasteiger partial charge in [0.05, 0.1) is 0 Å². The Morgan fingerprint density at radius 1 is 0.480 bits per heavy atom. The zero-order valence-corrected chi connectivity index (χ0v) is 13.3. The molecular formula is C14H19F11. The van der Waals surface area contributed by atoms with Crippen LogP contribution in [0.15, 0.2) is 0 Å². The van der Waals surface area contributed by atoms with Gasteiger partial charge in [-0.15, -0.1) is 0 Å². The average Bonchev–Trinajstić information content (AvgIpc) is 2.44. The normalized spacial score (nSPS) is 14.9. The smallest absolute Gasteiger partial charge is 0.200 e. The highest BCUT2D eigenvalue weighted by atomic mass is 19.4. The molecule has 0 bridgehead atoms. The maximum absolute atomic E-state index is 13.3. The largest absolute Gasteiger partial charge is 0.460 e. The molecule has 0 unspecified atom stereocenters. The van der Waals surface area contributed by atoms with E-state index in [1.807, 2.05) is 6.92 Å². The SMILES string of the molecule is CCCCCCCCCC(F)(F)C(F)(F)C(F)(F)C(F)(F)C(F)(F)F. The topological polar surface area (TPSA) is 0 Å². The second kappa shape index (κ2) is 8.28. The van der Waals surface area contributed by atoms with Crippen molar-refractivity contribution in [2.75, 3.05) is 0 Å². The quantitative estimate of drug-likeness (QED) is 0.255. The standard InChI is InChI=1S/C14H19F11/c1-2-3-4-5-6-7-8-9-10(15,16)11(17,18)12(19,20)13(21,22)14(23,24)25/h2-9H2,1H3. The lowest BCUT2D eigenvalue weighted by Gasteiger charge is -2.37. The molecule has 0 rings (SSSR count). The van der Waals surface area contributed by atoms with Crippen molar-refractivity contribution >= 4 is 0 Å². The summed E-state index contributed by atoms with van der Waals surface area (Å²) in [4.78, 5) is 0. The second-order valence-corrected chi connectivity index (χ2v) is 5.80. The van der Waals surface area contributed by atoms with Crippen LogP contribution in [-0.4, -0.2) is 29.9 Å². The number of hydrogen-bond acceptors (Lipinski definition) is 0. The van der Waals surface area contributed by atoms with E-state index in [1.54, 1.807) is 0 Å². The minimum atomic E-state index is -7.30. The van der Waals surface area contributed by atoms with Gasteiger partial charge in [0.2, 0.25) is 0 Å². The van der Waals surface area contributed by atoms with Crippen LogP contribution in [0.5, 0.6) is 0 Å². The summed E-state index contributed by atoms with van der Waals surface area (Å²) in [5.41, 5.74) is 0. The summed E-state index contributed by atoms with van der Waals surface area (Å²) < 4.78 is 140. The van der Waals surface area contributed by atoms with E-state index in [1.165, 1.54) is 0 Å². The maximum atomic E-state index is 13.3. The Kier molecular flexibility index (Phi) is 8.03. The molecule has 0 saturated carbocycles. The van der Waals surface area contributed by atoms with Crippen LogP contribution in [0.25, 0.3) is 0 Å². The molecule has 0 aromatic heterocycles. The molecule has 0 fully saturated rings. The first kappa shape index (κ1) is 24.2. The molecule has 0 amide bonds. The van der Waals surface area contributed by atoms with E-state index in [9.17, 15) is 48.3 Å². The van der Waals surface area contributed by atoms with Crippen molar-refractivity contribution in [3.05, 3.63) is 0 Å². The summed E-state index contributed by atoms with van der Waals surface area (Å²) in [5, 5.41) is 0. The highest BCUT2D eigenvalue weighted by Gasteiger charge is 2.86. The molecule has 0 N–H and O–H groups in total. The third-order valence-corrected chi connectivity index (χ3v) is 3.70. The fourth-order valence-electron chi connectivity index (χ4n) is 2.07. The molecule has 152 valence electrons. The van der Waals surface area contributed by atoms with Crippen LogP contribution >= 0.6 is 0 Å². The summed E-state index contributed by atoms with van der Waals surface area (Å²) in [6, 6.07) is 0. The molecule has 0 nitrogen and oxygen atoms in total. The molecule has 11 heteroatoms. The molecule has 0 aromatic carbocycles. The number of halogens is 11. The lowest BCUT2D eigenvalue weighted by molar-refractivity contribution is -0.422. The Hall–Kier alpha value is -0.770. The number of unbranched alkanes of at least 4 members (excludes halogenated alkanes) is 6. The lowest BCUT2D eigenvalue weighted by Crippen LogP contribution is -2.66. The van der Waals surface area contributed by atoms with E-state index in [-0.39, 0.29) is 6.42 Å². The molecule has 0 heterocycles. The Bertz CT molecular complexity index is 398. The van der Waals surface area contributed by atoms with E-state index in [0.717, 1.165) is 19.3 Å². The van der Waals surface area contributed by atoms with Gasteiger partial charge in [-0.3, -0.25) is 0 Å². The third kappa shape index (κ3) is 5.12. The minimum absolute atomic E-state index is 0.0589. The maximum Gasteiger partial charge on any atom is 0.460 e. The van der Waals surface area contributed by atoms with E-state index >= 15 is 0 Å². The van der Waals surface area contributed by atoms with Gasteiger partial charge in [-0.1, -0.05) is 45.4 Å². The van der Waals surface area contributed by atoms with Crippen LogP contribution < -0.4 is 0 Å². The first-order chi connectivity index (χ1) is 11.1. The monoisotopic (exact) mass is 396 g/mol. The molecule has 0 aliphatic heterocycles. The van der Waals surface area contributed by atoms with Gasteiger partial charge in [-0.05, 0) is 6.42 Å². The van der Waals surface area contributed by atoms with Crippen LogP contribution in [0.3, 0.4) is 0 Å². The van der Waals surface area contributed by atoms with Crippen molar-refractivity contribution in [1.82, 2.24) is 0 Å². The van der Waals surface area contributed by atoms with Crippen LogP contribution in [-0.2, 0) is 0 Å². The van der Waals surface area contributed by atoms with Crippen molar-refractivity contribution < 1.29 is 48.3 Å². The molecular weight excluding hydrogens is 377 g/mol. The molecule has 0 aliphatic rings. The van der Waals surface area contributed by atoms with Gasteiger partial charge < -0.3 is 0 Å². The number of alkyl halides is 11. The zero-order chi connectivity index (χ0) is 20.2. The van der Waals surface area contributed by atoms with Gasteiger partial charge in [0.1, 0.15) is 0 Å². The fraction of sp³-hybridized carbons (Fsp3) is 1.00. The van der Waals surface area contributed by atoms with Crippen LogP contribution in [0, 0.1) is 0 Å². The van der Waals surface area contributed by atoms with Crippen molar-refractivity contribution in [3.63, 3.8) is 0 Å². The van der Waals surface area contributed by atoms with Crippen molar-refractivity contribution in [3.8, 4) is 0 Å². The Balaban J connectivity index is 4.97. The third-order valence-electron chi connectivity index (χ3n) is 3.70. The first-order valence-electron chi connectivity index (χ1n) is 7.64. The molecule has 0 spiro atoms. The summed E-state index contributed by atoms with van der Waals surface area (Å²) >= 11 is 0. The van der Waals surface area contributed by atoms with Gasteiger partial charge >= 0.3 is 29.9 Å². The lowest BCUT2D eigenvalue weighted by atomic mass is 9.94. The van der Waals surface area contributed by atoms with E-state index in [0.29, 0.717) is 12.8 Å². The van der Waals surface area contributed by atoms with Crippen LogP contribution in [0.2, 0.25) is 0 Å². The van der Waals surface area contributed by atoms with Gasteiger partial charge in [0.25, 0.3) is 0 Å². The number of rotatable bonds is 11. The van der Waals surface area contributed by atoms with Crippen molar-refractivity contribution in [2.45, 2.75) is 88.2 Å².